The normalized spacial score (nSPS) is 10.5. The van der Waals surface area contributed by atoms with Crippen LogP contribution >= 0.6 is 0 Å². The van der Waals surface area contributed by atoms with E-state index in [2.05, 4.69) is 12.1 Å². The first-order valence-corrected chi connectivity index (χ1v) is 9.31. The third kappa shape index (κ3) is 6.31. The Balaban J connectivity index is 1.41. The Morgan fingerprint density at radius 1 is 0.931 bits per heavy atom. The largest absolute Gasteiger partial charge is 0.734 e. The number of hydrogen-bond acceptors (Lipinski definition) is 7. The Bertz CT molecular complexity index is 931. The average Bonchev–Trinajstić information content (AvgIpc) is 2.75. The van der Waals surface area contributed by atoms with Gasteiger partial charge in [0.1, 0.15) is 5.75 Å². The minimum absolute atomic E-state index is 0.335. The molecular formula is C22H24N3O4-. The van der Waals surface area contributed by atoms with E-state index in [-0.39, 0.29) is 0 Å². The van der Waals surface area contributed by atoms with Gasteiger partial charge in [-0.1, -0.05) is 18.7 Å². The van der Waals surface area contributed by atoms with Gasteiger partial charge in [-0.15, -0.1) is 0 Å². The van der Waals surface area contributed by atoms with Crippen molar-refractivity contribution in [3.05, 3.63) is 78.6 Å². The molecule has 3 aromatic rings. The highest BCUT2D eigenvalue weighted by molar-refractivity contribution is 5.86. The molecule has 0 spiro atoms. The zero-order valence-corrected chi connectivity index (χ0v) is 16.0. The predicted octanol–water partition coefficient (Wildman–Crippen LogP) is 4.86. The van der Waals surface area contributed by atoms with Gasteiger partial charge in [-0.25, -0.2) is 5.48 Å². The van der Waals surface area contributed by atoms with E-state index < -0.39 is 0 Å². The second-order valence-corrected chi connectivity index (χ2v) is 6.35. The van der Waals surface area contributed by atoms with Crippen LogP contribution in [0.2, 0.25) is 0 Å². The molecule has 0 amide bonds. The molecule has 0 aliphatic rings. The van der Waals surface area contributed by atoms with Crippen LogP contribution in [0.15, 0.2) is 73.4 Å². The lowest BCUT2D eigenvalue weighted by atomic mass is 10.1. The smallest absolute Gasteiger partial charge is 0.155 e. The molecule has 0 aromatic heterocycles. The summed E-state index contributed by atoms with van der Waals surface area (Å²) < 4.78 is 5.67. The van der Waals surface area contributed by atoms with Crippen molar-refractivity contribution in [1.29, 1.82) is 0 Å². The lowest BCUT2D eigenvalue weighted by molar-refractivity contribution is -0.0826. The van der Waals surface area contributed by atoms with Gasteiger partial charge < -0.3 is 25.7 Å². The summed E-state index contributed by atoms with van der Waals surface area (Å²) in [5.41, 5.74) is 10.3. The minimum atomic E-state index is 0.335. The van der Waals surface area contributed by atoms with Crippen molar-refractivity contribution in [3.8, 4) is 11.5 Å². The van der Waals surface area contributed by atoms with E-state index in [1.807, 2.05) is 60.7 Å². The monoisotopic (exact) mass is 394 g/mol. The maximum Gasteiger partial charge on any atom is 0.155 e. The molecule has 7 heteroatoms. The molecule has 29 heavy (non-hydrogen) atoms. The molecule has 0 bridgehead atoms. The number of hydrogen-bond donors (Lipinski definition) is 2. The van der Waals surface area contributed by atoms with Crippen molar-refractivity contribution in [2.75, 3.05) is 24.4 Å². The van der Waals surface area contributed by atoms with Crippen LogP contribution in [0.25, 0.3) is 10.8 Å². The molecule has 3 N–H and O–H groups in total. The number of nitrogen functional groups attached to an aromatic ring is 1. The van der Waals surface area contributed by atoms with Crippen molar-refractivity contribution in [2.45, 2.75) is 12.8 Å². The van der Waals surface area contributed by atoms with Crippen LogP contribution in [0.1, 0.15) is 12.8 Å². The van der Waals surface area contributed by atoms with E-state index in [4.69, 9.17) is 20.1 Å². The lowest BCUT2D eigenvalue weighted by Gasteiger charge is -2.23. The number of hydroxylamine groups is 2. The number of nitrogens with one attached hydrogen (secondary N) is 1. The summed E-state index contributed by atoms with van der Waals surface area (Å²) in [6, 6.07) is 19.0. The van der Waals surface area contributed by atoms with Gasteiger partial charge in [0.05, 0.1) is 18.9 Å². The summed E-state index contributed by atoms with van der Waals surface area (Å²) in [4.78, 5) is 10.5. The molecule has 152 valence electrons. The van der Waals surface area contributed by atoms with Gasteiger partial charge in [-0.3, -0.25) is 4.84 Å². The van der Waals surface area contributed by atoms with Crippen molar-refractivity contribution in [3.63, 3.8) is 0 Å². The van der Waals surface area contributed by atoms with Crippen LogP contribution in [-0.4, -0.2) is 18.4 Å². The van der Waals surface area contributed by atoms with Crippen LogP contribution in [0, 0.1) is 5.21 Å². The molecule has 3 rings (SSSR count). The Morgan fingerprint density at radius 2 is 1.62 bits per heavy atom. The Kier molecular flexibility index (Phi) is 7.16. The van der Waals surface area contributed by atoms with E-state index >= 15 is 0 Å². The van der Waals surface area contributed by atoms with Crippen LogP contribution in [0.4, 0.5) is 11.4 Å². The number of anilines is 2. The molecule has 0 aliphatic carbocycles. The van der Waals surface area contributed by atoms with Gasteiger partial charge in [-0.05, 0) is 72.1 Å². The highest BCUT2D eigenvalue weighted by Gasteiger charge is 2.00. The third-order valence-electron chi connectivity index (χ3n) is 4.15. The minimum Gasteiger partial charge on any atom is -0.734 e. The second-order valence-electron chi connectivity index (χ2n) is 6.35. The van der Waals surface area contributed by atoms with Gasteiger partial charge >= 0.3 is 0 Å². The highest BCUT2D eigenvalue weighted by atomic mass is 16.9. The van der Waals surface area contributed by atoms with Crippen molar-refractivity contribution < 1.29 is 14.4 Å². The zero-order valence-electron chi connectivity index (χ0n) is 16.0. The standard InChI is InChI=1S/C22H24N3O4/c1-2-25(26)28-14-4-3-13-27-21-11-8-20(9-12-21)24-29-22-10-6-17-15-19(23)7-5-18(17)16-22/h2,5-12,15-16,24H,1,3-4,13-14,23H2/q-1. The molecule has 0 saturated heterocycles. The fraction of sp³-hybridized carbons (Fsp3) is 0.182. The molecule has 0 unspecified atom stereocenters. The van der Waals surface area contributed by atoms with Gasteiger partial charge in [0.2, 0.25) is 0 Å². The number of ether oxygens (including phenoxy) is 1. The Labute approximate surface area is 169 Å². The van der Waals surface area contributed by atoms with Gasteiger partial charge in [0, 0.05) is 11.9 Å². The quantitative estimate of drug-likeness (QED) is 0.272. The van der Waals surface area contributed by atoms with E-state index in [1.165, 1.54) is 0 Å². The molecule has 3 aromatic carbocycles. The lowest BCUT2D eigenvalue weighted by Crippen LogP contribution is -2.10. The van der Waals surface area contributed by atoms with Crippen molar-refractivity contribution in [1.82, 2.24) is 5.23 Å². The van der Waals surface area contributed by atoms with Gasteiger partial charge in [0.15, 0.2) is 5.75 Å². The van der Waals surface area contributed by atoms with Crippen molar-refractivity contribution in [2.24, 2.45) is 0 Å². The molecule has 0 aliphatic heterocycles. The number of nitrogens with two attached hydrogens (primary N) is 1. The maximum absolute atomic E-state index is 10.8. The summed E-state index contributed by atoms with van der Waals surface area (Å²) >= 11 is 0. The molecule has 0 heterocycles. The average molecular weight is 394 g/mol. The van der Waals surface area contributed by atoms with E-state index in [0.717, 1.165) is 46.9 Å². The topological polar surface area (TPSA) is 92.0 Å². The van der Waals surface area contributed by atoms with E-state index in [1.54, 1.807) is 0 Å². The Morgan fingerprint density at radius 3 is 2.41 bits per heavy atom. The van der Waals surface area contributed by atoms with Crippen LogP contribution in [0.5, 0.6) is 11.5 Å². The van der Waals surface area contributed by atoms with Crippen LogP contribution in [-0.2, 0) is 4.84 Å². The van der Waals surface area contributed by atoms with E-state index in [9.17, 15) is 5.21 Å². The number of unbranched alkanes of at least 4 members (excludes halogenated alkanes) is 1. The number of benzene rings is 3. The summed E-state index contributed by atoms with van der Waals surface area (Å²) in [5, 5.41) is 13.3. The molecule has 0 saturated carbocycles. The maximum atomic E-state index is 10.8. The summed E-state index contributed by atoms with van der Waals surface area (Å²) in [5.74, 6) is 1.47. The molecule has 0 radical (unpaired) electrons. The van der Waals surface area contributed by atoms with Crippen LogP contribution < -0.4 is 20.8 Å². The first-order valence-electron chi connectivity index (χ1n) is 9.31. The second kappa shape index (κ2) is 10.2. The number of fused-ring (bicyclic) bond motifs is 1. The van der Waals surface area contributed by atoms with Crippen molar-refractivity contribution >= 4 is 22.1 Å². The first kappa shape index (κ1) is 20.3. The summed E-state index contributed by atoms with van der Waals surface area (Å²) in [6.07, 6.45) is 2.58. The summed E-state index contributed by atoms with van der Waals surface area (Å²) in [7, 11) is 0. The fourth-order valence-electron chi connectivity index (χ4n) is 2.64. The van der Waals surface area contributed by atoms with E-state index in [0.29, 0.717) is 24.2 Å². The SMILES string of the molecule is C=CN([O-])OCCCCOc1ccc(NOc2ccc3cc(N)ccc3c2)cc1. The predicted molar refractivity (Wildman–Crippen MR) is 115 cm³/mol. The number of nitrogens with zero attached hydrogens (tertiary/aromatic N) is 1. The highest BCUT2D eigenvalue weighted by Crippen LogP contribution is 2.23. The fourth-order valence-corrected chi connectivity index (χ4v) is 2.64. The molecule has 0 fully saturated rings. The van der Waals surface area contributed by atoms with Gasteiger partial charge in [0.25, 0.3) is 0 Å². The zero-order chi connectivity index (χ0) is 20.5. The third-order valence-corrected chi connectivity index (χ3v) is 4.15. The summed E-state index contributed by atoms with van der Waals surface area (Å²) in [6.45, 7) is 4.19. The van der Waals surface area contributed by atoms with Crippen LogP contribution in [0.3, 0.4) is 0 Å². The molecule has 7 nitrogen and oxygen atoms in total. The number of rotatable bonds is 11. The molecular weight excluding hydrogens is 370 g/mol. The van der Waals surface area contributed by atoms with Gasteiger partial charge in [-0.2, -0.15) is 0 Å². The first-order chi connectivity index (χ1) is 14.1. The molecule has 0 atom stereocenters. The Hall–Kier alpha value is -3.42.